The summed E-state index contributed by atoms with van der Waals surface area (Å²) in [7, 11) is -4.64. The van der Waals surface area contributed by atoms with E-state index >= 15 is 0 Å². The number of hydrogen-bond donors (Lipinski definition) is 2. The van der Waals surface area contributed by atoms with Gasteiger partial charge in [-0.3, -0.25) is 4.55 Å². The van der Waals surface area contributed by atoms with E-state index in [0.717, 1.165) is 6.07 Å². The first-order valence-electron chi connectivity index (χ1n) is 7.75. The van der Waals surface area contributed by atoms with Crippen LogP contribution in [0.5, 0.6) is 5.75 Å². The van der Waals surface area contributed by atoms with Crippen LogP contribution in [0.2, 0.25) is 5.02 Å². The van der Waals surface area contributed by atoms with Crippen LogP contribution >= 0.6 is 11.6 Å². The molecule has 8 nitrogen and oxygen atoms in total. The Morgan fingerprint density at radius 2 is 1.82 bits per heavy atom. The molecule has 0 fully saturated rings. The van der Waals surface area contributed by atoms with Crippen molar-refractivity contribution in [1.82, 2.24) is 0 Å². The van der Waals surface area contributed by atoms with Crippen LogP contribution in [0.15, 0.2) is 57.6 Å². The lowest BCUT2D eigenvalue weighted by Gasteiger charge is -2.16. The number of hydrogen-bond acceptors (Lipinski definition) is 6. The van der Waals surface area contributed by atoms with Crippen LogP contribution in [0.3, 0.4) is 0 Å². The monoisotopic (exact) mass is 419 g/mol. The van der Waals surface area contributed by atoms with E-state index in [9.17, 15) is 28.0 Å². The summed E-state index contributed by atoms with van der Waals surface area (Å²) in [5.41, 5.74) is -0.670. The number of aryl methyl sites for hydroxylation is 1. The number of halogens is 1. The van der Waals surface area contributed by atoms with E-state index in [-0.39, 0.29) is 16.4 Å². The fourth-order valence-corrected chi connectivity index (χ4v) is 3.45. The Morgan fingerprint density at radius 1 is 1.14 bits per heavy atom. The Bertz CT molecular complexity index is 1250. The molecule has 144 valence electrons. The van der Waals surface area contributed by atoms with Gasteiger partial charge in [0.15, 0.2) is 0 Å². The molecule has 0 atom stereocenters. The molecule has 0 heterocycles. The number of rotatable bonds is 4. The highest BCUT2D eigenvalue weighted by atomic mass is 35.5. The third kappa shape index (κ3) is 3.68. The van der Waals surface area contributed by atoms with Crippen molar-refractivity contribution >= 4 is 49.8 Å². The zero-order valence-corrected chi connectivity index (χ0v) is 15.8. The molecule has 3 rings (SSSR count). The van der Waals surface area contributed by atoms with E-state index in [1.165, 1.54) is 19.1 Å². The summed E-state index contributed by atoms with van der Waals surface area (Å²) >= 11 is 5.99. The number of carbonyl (C=O) groups is 1. The zero-order valence-electron chi connectivity index (χ0n) is 14.2. The van der Waals surface area contributed by atoms with Crippen LogP contribution < -0.4 is 5.11 Å². The van der Waals surface area contributed by atoms with E-state index in [4.69, 9.17) is 11.6 Å². The highest BCUT2D eigenvalue weighted by Gasteiger charge is 2.18. The topological polar surface area (TPSA) is 139 Å². The van der Waals surface area contributed by atoms with E-state index < -0.39 is 32.3 Å². The minimum atomic E-state index is -4.64. The number of benzene rings is 3. The van der Waals surface area contributed by atoms with Gasteiger partial charge < -0.3 is 10.2 Å². The van der Waals surface area contributed by atoms with Crippen LogP contribution in [0.25, 0.3) is 10.8 Å². The second-order valence-corrected chi connectivity index (χ2v) is 7.67. The quantitative estimate of drug-likeness (QED) is 0.479. The Balaban J connectivity index is 2.27. The van der Waals surface area contributed by atoms with Gasteiger partial charge in [-0.1, -0.05) is 41.6 Å². The van der Waals surface area contributed by atoms with Gasteiger partial charge in [-0.15, -0.1) is 5.11 Å². The highest BCUT2D eigenvalue weighted by Crippen LogP contribution is 2.39. The van der Waals surface area contributed by atoms with E-state index in [2.05, 4.69) is 10.2 Å². The van der Waals surface area contributed by atoms with Crippen molar-refractivity contribution in [3.05, 3.63) is 58.6 Å². The summed E-state index contributed by atoms with van der Waals surface area (Å²) in [5.74, 6) is -2.30. The fraction of sp³-hybridized carbons (Fsp3) is 0.0556. The van der Waals surface area contributed by atoms with Gasteiger partial charge in [-0.25, -0.2) is 4.79 Å². The molecule has 0 saturated heterocycles. The average molecular weight is 420 g/mol. The molecule has 0 unspecified atom stereocenters. The summed E-state index contributed by atoms with van der Waals surface area (Å²) in [6.07, 6.45) is 0. The molecule has 0 spiro atoms. The summed E-state index contributed by atoms with van der Waals surface area (Å²) in [5, 5.41) is 30.3. The molecule has 28 heavy (non-hydrogen) atoms. The third-order valence-electron chi connectivity index (χ3n) is 3.98. The van der Waals surface area contributed by atoms with Gasteiger partial charge in [0.05, 0.1) is 11.3 Å². The van der Waals surface area contributed by atoms with Gasteiger partial charge in [0.1, 0.15) is 10.6 Å². The number of carboxylic acids is 1. The minimum absolute atomic E-state index is 0.174. The van der Waals surface area contributed by atoms with Gasteiger partial charge in [-0.2, -0.15) is 13.5 Å². The smallest absolute Gasteiger partial charge is 0.335 e. The summed E-state index contributed by atoms with van der Waals surface area (Å²) in [6.45, 7) is 1.54. The average Bonchev–Trinajstić information content (AvgIpc) is 2.61. The Hall–Kier alpha value is -3.01. The molecule has 0 aromatic heterocycles. The number of nitrogens with zero attached hydrogens (tertiary/aromatic N) is 2. The lowest BCUT2D eigenvalue weighted by molar-refractivity contribution is -0.267. The van der Waals surface area contributed by atoms with Gasteiger partial charge in [0.25, 0.3) is 10.1 Å². The van der Waals surface area contributed by atoms with E-state index in [0.29, 0.717) is 16.3 Å². The molecule has 0 aliphatic carbocycles. The highest BCUT2D eigenvalue weighted by molar-refractivity contribution is 7.86. The third-order valence-corrected chi connectivity index (χ3v) is 5.27. The first-order valence-corrected chi connectivity index (χ1v) is 9.57. The molecule has 0 amide bonds. The zero-order chi connectivity index (χ0) is 20.6. The van der Waals surface area contributed by atoms with Gasteiger partial charge in [-0.05, 0) is 36.1 Å². The maximum Gasteiger partial charge on any atom is 0.335 e. The molecule has 10 heteroatoms. The lowest BCUT2D eigenvalue weighted by Crippen LogP contribution is -2.04. The van der Waals surface area contributed by atoms with Gasteiger partial charge >= 0.3 is 5.97 Å². The maximum atomic E-state index is 12.5. The minimum Gasteiger partial charge on any atom is -0.870 e. The van der Waals surface area contributed by atoms with Crippen LogP contribution in [0.1, 0.15) is 15.9 Å². The van der Waals surface area contributed by atoms with Crippen molar-refractivity contribution in [3.8, 4) is 5.75 Å². The van der Waals surface area contributed by atoms with Crippen molar-refractivity contribution in [2.24, 2.45) is 10.2 Å². The Labute approximate surface area is 164 Å². The standard InChI is InChI=1S/C18H13ClN2O6S/c1-9-6-15(28(25,26)27)14(8-13(9)19)20-21-16-11-5-3-2-4-10(11)7-12(17(16)22)18(23)24/h2-8,22H,1H3,(H,23,24)(H,25,26,27)/p-1. The number of carboxylic acid groups (broad SMARTS) is 1. The Morgan fingerprint density at radius 3 is 2.46 bits per heavy atom. The molecule has 0 aliphatic rings. The molecular formula is C18H12ClN2O6S-. The molecule has 3 aromatic carbocycles. The summed E-state index contributed by atoms with van der Waals surface area (Å²) < 4.78 is 32.7. The largest absolute Gasteiger partial charge is 0.870 e. The van der Waals surface area contributed by atoms with Crippen LogP contribution in [0, 0.1) is 6.92 Å². The maximum absolute atomic E-state index is 12.5. The van der Waals surface area contributed by atoms with Gasteiger partial charge in [0, 0.05) is 10.4 Å². The second-order valence-electron chi connectivity index (χ2n) is 5.87. The summed E-state index contributed by atoms with van der Waals surface area (Å²) in [4.78, 5) is 10.8. The molecule has 3 aromatic rings. The van der Waals surface area contributed by atoms with Crippen LogP contribution in [0.4, 0.5) is 11.4 Å². The van der Waals surface area contributed by atoms with Crippen molar-refractivity contribution in [1.29, 1.82) is 0 Å². The number of aromatic carboxylic acids is 1. The first-order chi connectivity index (χ1) is 13.1. The molecule has 0 bridgehead atoms. The first kappa shape index (κ1) is 19.7. The number of azo groups is 1. The van der Waals surface area contributed by atoms with Crippen molar-refractivity contribution < 1.29 is 28.0 Å². The van der Waals surface area contributed by atoms with E-state index in [1.807, 2.05) is 0 Å². The normalized spacial score (nSPS) is 12.0. The predicted octanol–water partition coefficient (Wildman–Crippen LogP) is 4.24. The molecule has 0 saturated carbocycles. The van der Waals surface area contributed by atoms with Crippen molar-refractivity contribution in [2.45, 2.75) is 11.8 Å². The van der Waals surface area contributed by atoms with Crippen molar-refractivity contribution in [2.75, 3.05) is 0 Å². The predicted molar refractivity (Wildman–Crippen MR) is 101 cm³/mol. The molecule has 2 N–H and O–H groups in total. The van der Waals surface area contributed by atoms with Crippen LogP contribution in [-0.4, -0.2) is 24.0 Å². The fourth-order valence-electron chi connectivity index (χ4n) is 2.60. The SMILES string of the molecule is Cc1cc(S(=O)(=O)O)c(N=Nc2c([O-])c(C(=O)O)cc3ccccc23)cc1Cl. The molecule has 0 radical (unpaired) electrons. The van der Waals surface area contributed by atoms with E-state index in [1.54, 1.807) is 24.3 Å². The second kappa shape index (κ2) is 7.19. The summed E-state index contributed by atoms with van der Waals surface area (Å²) in [6, 6.07) is 9.98. The van der Waals surface area contributed by atoms with Crippen LogP contribution in [-0.2, 0) is 10.1 Å². The van der Waals surface area contributed by atoms with Gasteiger partial charge in [0.2, 0.25) is 0 Å². The van der Waals surface area contributed by atoms with Crippen molar-refractivity contribution in [3.63, 3.8) is 0 Å². The molecule has 0 aliphatic heterocycles. The lowest BCUT2D eigenvalue weighted by atomic mass is 10.0. The number of fused-ring (bicyclic) bond motifs is 1. The Kier molecular flexibility index (Phi) is 5.07. The molecular weight excluding hydrogens is 408 g/mol.